The molecule has 0 amide bonds. The van der Waals surface area contributed by atoms with Crippen LogP contribution in [0, 0.1) is 27.7 Å². The second kappa shape index (κ2) is 12.9. The van der Waals surface area contributed by atoms with Crippen molar-refractivity contribution in [2.24, 2.45) is 0 Å². The molecule has 0 unspecified atom stereocenters. The molecule has 2 aromatic heterocycles. The maximum absolute atomic E-state index is 2.67. The number of aryl methyl sites for hydroxylation is 4. The molecular formula is C62H42B2N2. The highest BCUT2D eigenvalue weighted by atomic mass is 15.0. The first-order valence-electron chi connectivity index (χ1n) is 23.5. The lowest BCUT2D eigenvalue weighted by Gasteiger charge is -2.34. The van der Waals surface area contributed by atoms with Crippen molar-refractivity contribution in [1.29, 1.82) is 0 Å². The van der Waals surface area contributed by atoms with Crippen LogP contribution in [-0.4, -0.2) is 22.6 Å². The Balaban J connectivity index is 1.20. The van der Waals surface area contributed by atoms with Gasteiger partial charge in [0, 0.05) is 32.9 Å². The molecule has 0 saturated heterocycles. The van der Waals surface area contributed by atoms with Gasteiger partial charge < -0.3 is 9.13 Å². The molecule has 4 heterocycles. The quantitative estimate of drug-likeness (QED) is 0.154. The summed E-state index contributed by atoms with van der Waals surface area (Å²) in [6.45, 7) is 9.28. The molecule has 0 atom stereocenters. The summed E-state index contributed by atoms with van der Waals surface area (Å²) in [6.07, 6.45) is 0. The highest BCUT2D eigenvalue weighted by Crippen LogP contribution is 2.44. The Labute approximate surface area is 383 Å². The Morgan fingerprint density at radius 3 is 1.05 bits per heavy atom. The highest BCUT2D eigenvalue weighted by molar-refractivity contribution is 7.00. The van der Waals surface area contributed by atoms with Gasteiger partial charge in [-0.05, 0) is 117 Å². The van der Waals surface area contributed by atoms with E-state index < -0.39 is 0 Å². The van der Waals surface area contributed by atoms with Crippen molar-refractivity contribution in [3.63, 3.8) is 0 Å². The van der Waals surface area contributed by atoms with Crippen molar-refractivity contribution in [1.82, 2.24) is 9.13 Å². The number of hydrogen-bond donors (Lipinski definition) is 0. The van der Waals surface area contributed by atoms with E-state index in [-0.39, 0.29) is 13.4 Å². The molecular weight excluding hydrogens is 794 g/mol. The maximum atomic E-state index is 2.67. The smallest absolute Gasteiger partial charge is 0.247 e. The summed E-state index contributed by atoms with van der Waals surface area (Å²) >= 11 is 0. The van der Waals surface area contributed by atoms with E-state index in [1.807, 2.05) is 0 Å². The SMILES string of the molecule is Cc1cccc(C)c1B1c2cc3c(cc2-n2c4ccc5ccccc5c4c4c5ccccc5cc1c42)B(c1c(C)cccc1C)c1cc2ccccc2c2c4c5ccccc5ccc4n-3c12. The van der Waals surface area contributed by atoms with Crippen LogP contribution in [0.2, 0.25) is 0 Å². The van der Waals surface area contributed by atoms with Crippen molar-refractivity contribution in [2.45, 2.75) is 27.7 Å². The van der Waals surface area contributed by atoms with Crippen LogP contribution in [0.1, 0.15) is 22.3 Å². The average Bonchev–Trinajstić information content (AvgIpc) is 3.89. The van der Waals surface area contributed by atoms with Gasteiger partial charge in [-0.25, -0.2) is 0 Å². The van der Waals surface area contributed by atoms with Gasteiger partial charge in [0.15, 0.2) is 0 Å². The number of hydrogen-bond acceptors (Lipinski definition) is 0. The number of rotatable bonds is 2. The Morgan fingerprint density at radius 2 is 0.652 bits per heavy atom. The van der Waals surface area contributed by atoms with Crippen LogP contribution >= 0.6 is 0 Å². The van der Waals surface area contributed by atoms with E-state index in [4.69, 9.17) is 0 Å². The minimum Gasteiger partial charge on any atom is -0.310 e. The summed E-state index contributed by atoms with van der Waals surface area (Å²) in [5.74, 6) is 0. The highest BCUT2D eigenvalue weighted by Gasteiger charge is 2.42. The zero-order valence-corrected chi connectivity index (χ0v) is 37.4. The van der Waals surface area contributed by atoms with E-state index in [0.717, 1.165) is 0 Å². The van der Waals surface area contributed by atoms with Crippen LogP contribution in [0.15, 0.2) is 182 Å². The third kappa shape index (κ3) is 4.54. The summed E-state index contributed by atoms with van der Waals surface area (Å²) in [7, 11) is 0. The molecule has 2 aliphatic rings. The fourth-order valence-corrected chi connectivity index (χ4v) is 13.3. The summed E-state index contributed by atoms with van der Waals surface area (Å²) in [5, 5.41) is 15.7. The van der Waals surface area contributed by atoms with Crippen LogP contribution in [0.4, 0.5) is 0 Å². The third-order valence-corrected chi connectivity index (χ3v) is 15.9. The first-order valence-corrected chi connectivity index (χ1v) is 23.5. The molecule has 15 rings (SSSR count). The fraction of sp³-hybridized carbons (Fsp3) is 0.0645. The molecule has 4 heteroatoms. The first-order chi connectivity index (χ1) is 32.4. The molecule has 0 spiro atoms. The Kier molecular flexibility index (Phi) is 7.15. The van der Waals surface area contributed by atoms with Crippen LogP contribution in [-0.2, 0) is 0 Å². The maximum Gasteiger partial charge on any atom is 0.247 e. The summed E-state index contributed by atoms with van der Waals surface area (Å²) < 4.78 is 5.35. The summed E-state index contributed by atoms with van der Waals surface area (Å²) in [4.78, 5) is 0. The van der Waals surface area contributed by atoms with E-state index in [2.05, 4.69) is 219 Å². The van der Waals surface area contributed by atoms with Gasteiger partial charge in [-0.15, -0.1) is 0 Å². The lowest BCUT2D eigenvalue weighted by molar-refractivity contribution is 1.16. The van der Waals surface area contributed by atoms with Gasteiger partial charge in [0.25, 0.3) is 0 Å². The van der Waals surface area contributed by atoms with Crippen molar-refractivity contribution in [3.8, 4) is 11.4 Å². The normalized spacial score (nSPS) is 13.1. The monoisotopic (exact) mass is 836 g/mol. The zero-order chi connectivity index (χ0) is 43.7. The fourth-order valence-electron chi connectivity index (χ4n) is 13.3. The van der Waals surface area contributed by atoms with Crippen molar-refractivity contribution < 1.29 is 0 Å². The standard InChI is InChI=1S/C62H42B2N2/c1-35-15-13-16-36(2)59(35)63-47-33-54-48(34-53(47)65-51-29-27-39-19-5-9-23-43(39)55(51)57-45-25-11-7-21-41(45)31-49(63)61(57)65)64(60-37(3)17-14-18-38(60)4)50-32-42-22-8-12-26-46(42)58-56-44-24-10-6-20-40(44)28-30-52(56)66(54)62(50)58/h5-34H,1-4H3. The molecule has 306 valence electrons. The lowest BCUT2D eigenvalue weighted by Crippen LogP contribution is -2.61. The molecule has 2 aliphatic heterocycles. The summed E-state index contributed by atoms with van der Waals surface area (Å²) in [6, 6.07) is 69.8. The van der Waals surface area contributed by atoms with Crippen molar-refractivity contribution >= 4 is 133 Å². The predicted octanol–water partition coefficient (Wildman–Crippen LogP) is 11.4. The number of fused-ring (bicyclic) bond motifs is 18. The average molecular weight is 837 g/mol. The molecule has 0 aliphatic carbocycles. The molecule has 0 N–H and O–H groups in total. The zero-order valence-electron chi connectivity index (χ0n) is 37.4. The molecule has 2 nitrogen and oxygen atoms in total. The van der Waals surface area contributed by atoms with Gasteiger partial charge in [0.2, 0.25) is 13.4 Å². The van der Waals surface area contributed by atoms with E-state index in [0.29, 0.717) is 0 Å². The van der Waals surface area contributed by atoms with Crippen LogP contribution in [0.3, 0.4) is 0 Å². The predicted molar refractivity (Wildman–Crippen MR) is 286 cm³/mol. The Morgan fingerprint density at radius 1 is 0.303 bits per heavy atom. The van der Waals surface area contributed by atoms with Gasteiger partial charge in [-0.1, -0.05) is 191 Å². The van der Waals surface area contributed by atoms with Crippen LogP contribution in [0.5, 0.6) is 0 Å². The number of nitrogens with zero attached hydrogens (tertiary/aromatic N) is 2. The van der Waals surface area contributed by atoms with E-state index >= 15 is 0 Å². The molecule has 66 heavy (non-hydrogen) atoms. The second-order valence-electron chi connectivity index (χ2n) is 19.3. The largest absolute Gasteiger partial charge is 0.310 e. The van der Waals surface area contributed by atoms with Gasteiger partial charge in [-0.2, -0.15) is 0 Å². The first kappa shape index (κ1) is 36.5. The number of aromatic nitrogens is 2. The van der Waals surface area contributed by atoms with Gasteiger partial charge in [-0.3, -0.25) is 0 Å². The number of benzene rings is 11. The van der Waals surface area contributed by atoms with Crippen molar-refractivity contribution in [3.05, 3.63) is 204 Å². The topological polar surface area (TPSA) is 9.86 Å². The molecule has 0 fully saturated rings. The van der Waals surface area contributed by atoms with E-state index in [9.17, 15) is 0 Å². The molecule has 0 saturated carbocycles. The molecule has 0 radical (unpaired) electrons. The minimum atomic E-state index is -0.00326. The van der Waals surface area contributed by atoms with E-state index in [1.165, 1.54) is 153 Å². The molecule has 13 aromatic rings. The van der Waals surface area contributed by atoms with Gasteiger partial charge in [0.1, 0.15) is 0 Å². The third-order valence-electron chi connectivity index (χ3n) is 15.9. The van der Waals surface area contributed by atoms with Crippen molar-refractivity contribution in [2.75, 3.05) is 0 Å². The Bertz CT molecular complexity index is 4040. The van der Waals surface area contributed by atoms with Crippen LogP contribution < -0.4 is 32.8 Å². The molecule has 0 bridgehead atoms. The van der Waals surface area contributed by atoms with Gasteiger partial charge in [0.05, 0.1) is 22.1 Å². The Hall–Kier alpha value is -7.81. The summed E-state index contributed by atoms with van der Waals surface area (Å²) in [5.41, 5.74) is 21.3. The lowest BCUT2D eigenvalue weighted by atomic mass is 9.32. The van der Waals surface area contributed by atoms with Gasteiger partial charge >= 0.3 is 0 Å². The molecule has 11 aromatic carbocycles. The minimum absolute atomic E-state index is 0.00326. The van der Waals surface area contributed by atoms with Crippen LogP contribution in [0.25, 0.3) is 98.1 Å². The van der Waals surface area contributed by atoms with E-state index in [1.54, 1.807) is 0 Å². The second-order valence-corrected chi connectivity index (χ2v) is 19.3.